The molecule has 0 saturated heterocycles. The molecular formula is C71H53N5O2. The predicted octanol–water partition coefficient (Wildman–Crippen LogP) is 20.3. The van der Waals surface area contributed by atoms with Crippen LogP contribution in [0.5, 0.6) is 0 Å². The van der Waals surface area contributed by atoms with E-state index in [1.165, 1.54) is 32.7 Å². The number of fused-ring (bicyclic) bond motifs is 12. The molecule has 15 aromatic rings. The van der Waals surface area contributed by atoms with E-state index < -0.39 is 0 Å². The van der Waals surface area contributed by atoms with Crippen LogP contribution < -0.4 is 9.80 Å². The SMILES string of the molecule is CC(C)c1ccc(N(c2ccc3c(c2)oc2nc4oc5cc(N(c6ccc(C(C)C)cc6)c6cccc7c6c6ccccc6n7-c6ccccc6)ccc5c4cc23)c2cccc3c2c2ccccc2n3-c2ccccc2)cc1. The van der Waals surface area contributed by atoms with Crippen molar-refractivity contribution in [3.8, 4) is 11.4 Å². The van der Waals surface area contributed by atoms with Crippen LogP contribution in [0.1, 0.15) is 50.7 Å². The van der Waals surface area contributed by atoms with Crippen molar-refractivity contribution < 1.29 is 8.83 Å². The highest BCUT2D eigenvalue weighted by Gasteiger charge is 2.25. The molecule has 0 atom stereocenters. The third-order valence-corrected chi connectivity index (χ3v) is 15.9. The van der Waals surface area contributed by atoms with Crippen LogP contribution in [0, 0.1) is 0 Å². The Labute approximate surface area is 451 Å². The molecule has 5 heterocycles. The Morgan fingerprint density at radius 2 is 0.718 bits per heavy atom. The van der Waals surface area contributed by atoms with Gasteiger partial charge in [-0.15, -0.1) is 0 Å². The normalized spacial score (nSPS) is 12.1. The molecule has 15 rings (SSSR count). The Balaban J connectivity index is 0.870. The van der Waals surface area contributed by atoms with E-state index in [1.54, 1.807) is 0 Å². The van der Waals surface area contributed by atoms with Gasteiger partial charge in [0.05, 0.1) is 33.4 Å². The number of pyridine rings is 1. The lowest BCUT2D eigenvalue weighted by Crippen LogP contribution is -2.10. The van der Waals surface area contributed by atoms with E-state index in [9.17, 15) is 0 Å². The first kappa shape index (κ1) is 45.5. The minimum atomic E-state index is 0.405. The van der Waals surface area contributed by atoms with Gasteiger partial charge in [-0.2, -0.15) is 4.98 Å². The van der Waals surface area contributed by atoms with Gasteiger partial charge in [0.25, 0.3) is 0 Å². The number of anilines is 6. The standard InChI is InChI=1S/C71H53N5O2/c1-44(2)46-29-33-50(34-30-46)73(62-25-15-27-64-68(62)56-21-11-13-23-60(56)75(64)48-17-7-5-8-18-48)52-37-39-54-58-43-59-55-40-38-53(42-67(55)78-71(59)72-70(58)77-66(54)41-52)74(51-35-31-47(32-36-51)45(3)4)63-26-16-28-65-69(63)57-22-12-14-24-61(57)76(65)49-19-9-6-10-20-49/h5-45H,1-4H3. The summed E-state index contributed by atoms with van der Waals surface area (Å²) in [6.07, 6.45) is 0. The summed E-state index contributed by atoms with van der Waals surface area (Å²) in [5.41, 5.74) is 18.2. The van der Waals surface area contributed by atoms with Crippen LogP contribution in [0.2, 0.25) is 0 Å². The summed E-state index contributed by atoms with van der Waals surface area (Å²) in [5, 5.41) is 8.56. The van der Waals surface area contributed by atoms with Gasteiger partial charge in [-0.25, -0.2) is 0 Å². The lowest BCUT2D eigenvalue weighted by Gasteiger charge is -2.27. The van der Waals surface area contributed by atoms with E-state index in [-0.39, 0.29) is 0 Å². The van der Waals surface area contributed by atoms with Crippen LogP contribution in [0.3, 0.4) is 0 Å². The first-order valence-electron chi connectivity index (χ1n) is 27.0. The second-order valence-corrected chi connectivity index (χ2v) is 21.1. The second kappa shape index (κ2) is 17.9. The number of hydrogen-bond acceptors (Lipinski definition) is 5. The third-order valence-electron chi connectivity index (χ3n) is 15.9. The van der Waals surface area contributed by atoms with Crippen LogP contribution in [-0.2, 0) is 0 Å². The number of para-hydroxylation sites is 4. The first-order valence-corrected chi connectivity index (χ1v) is 27.0. The number of nitrogens with zero attached hydrogens (tertiary/aromatic N) is 5. The number of rotatable bonds is 10. The summed E-state index contributed by atoms with van der Waals surface area (Å²) in [7, 11) is 0. The Hall–Kier alpha value is -9.85. The van der Waals surface area contributed by atoms with Gasteiger partial charge in [0.2, 0.25) is 11.4 Å². The highest BCUT2D eigenvalue weighted by molar-refractivity contribution is 6.19. The first-order chi connectivity index (χ1) is 38.3. The molecule has 0 fully saturated rings. The molecular weight excluding hydrogens is 955 g/mol. The van der Waals surface area contributed by atoms with Crippen LogP contribution >= 0.6 is 0 Å². The van der Waals surface area contributed by atoms with E-state index in [4.69, 9.17) is 13.8 Å². The number of furan rings is 2. The zero-order chi connectivity index (χ0) is 52.2. The molecule has 0 unspecified atom stereocenters. The molecule has 10 aromatic carbocycles. The van der Waals surface area contributed by atoms with Gasteiger partial charge in [-0.05, 0) is 138 Å². The zero-order valence-corrected chi connectivity index (χ0v) is 43.7. The predicted molar refractivity (Wildman–Crippen MR) is 325 cm³/mol. The van der Waals surface area contributed by atoms with Crippen molar-refractivity contribution in [1.82, 2.24) is 14.1 Å². The fourth-order valence-electron chi connectivity index (χ4n) is 12.1. The summed E-state index contributed by atoms with van der Waals surface area (Å²) in [6.45, 7) is 8.96. The average Bonchev–Trinajstić information content (AvgIpc) is 4.26. The molecule has 374 valence electrons. The van der Waals surface area contributed by atoms with E-state index >= 15 is 0 Å². The van der Waals surface area contributed by atoms with Gasteiger partial charge >= 0.3 is 0 Å². The third kappa shape index (κ3) is 7.15. The summed E-state index contributed by atoms with van der Waals surface area (Å²) in [4.78, 5) is 9.87. The maximum atomic E-state index is 6.79. The Morgan fingerprint density at radius 1 is 0.333 bits per heavy atom. The van der Waals surface area contributed by atoms with Gasteiger partial charge in [0.1, 0.15) is 11.2 Å². The van der Waals surface area contributed by atoms with Gasteiger partial charge in [-0.3, -0.25) is 0 Å². The fraction of sp³-hybridized carbons (Fsp3) is 0.0845. The summed E-state index contributed by atoms with van der Waals surface area (Å²) >= 11 is 0. The lowest BCUT2D eigenvalue weighted by molar-refractivity contribution is 0.631. The Kier molecular flexibility index (Phi) is 10.4. The van der Waals surface area contributed by atoms with Crippen LogP contribution in [-0.4, -0.2) is 14.1 Å². The van der Waals surface area contributed by atoms with Crippen molar-refractivity contribution in [3.63, 3.8) is 0 Å². The van der Waals surface area contributed by atoms with Crippen molar-refractivity contribution in [1.29, 1.82) is 0 Å². The van der Waals surface area contributed by atoms with Crippen LogP contribution in [0.25, 0.3) is 99.1 Å². The molecule has 5 aromatic heterocycles. The number of hydrogen-bond donors (Lipinski definition) is 0. The Bertz CT molecular complexity index is 4490. The largest absolute Gasteiger partial charge is 0.438 e. The second-order valence-electron chi connectivity index (χ2n) is 21.1. The van der Waals surface area contributed by atoms with Crippen molar-refractivity contribution in [3.05, 3.63) is 248 Å². The van der Waals surface area contributed by atoms with E-state index in [2.05, 4.69) is 283 Å². The van der Waals surface area contributed by atoms with E-state index in [0.29, 0.717) is 23.3 Å². The highest BCUT2D eigenvalue weighted by atomic mass is 16.4. The molecule has 7 nitrogen and oxygen atoms in total. The molecule has 7 heteroatoms. The molecule has 0 spiro atoms. The van der Waals surface area contributed by atoms with E-state index in [0.717, 1.165) is 100 Å². The number of benzene rings is 10. The summed E-state index contributed by atoms with van der Waals surface area (Å²) < 4.78 is 18.3. The molecule has 0 aliphatic rings. The molecule has 0 saturated carbocycles. The summed E-state index contributed by atoms with van der Waals surface area (Å²) in [5.74, 6) is 0.809. The van der Waals surface area contributed by atoms with Crippen molar-refractivity contribution in [2.24, 2.45) is 0 Å². The molecule has 0 amide bonds. The van der Waals surface area contributed by atoms with Gasteiger partial charge in [-0.1, -0.05) is 137 Å². The quantitative estimate of drug-likeness (QED) is 0.137. The molecule has 0 bridgehead atoms. The monoisotopic (exact) mass is 1010 g/mol. The van der Waals surface area contributed by atoms with Gasteiger partial charge in [0.15, 0.2) is 0 Å². The van der Waals surface area contributed by atoms with Crippen molar-refractivity contribution in [2.75, 3.05) is 9.80 Å². The fourth-order valence-corrected chi connectivity index (χ4v) is 12.1. The van der Waals surface area contributed by atoms with Crippen molar-refractivity contribution >= 4 is 122 Å². The van der Waals surface area contributed by atoms with Crippen LogP contribution in [0.15, 0.2) is 245 Å². The molecule has 0 aliphatic carbocycles. The minimum absolute atomic E-state index is 0.405. The molecule has 0 radical (unpaired) electrons. The maximum absolute atomic E-state index is 6.79. The maximum Gasteiger partial charge on any atom is 0.230 e. The van der Waals surface area contributed by atoms with Crippen molar-refractivity contribution in [2.45, 2.75) is 39.5 Å². The number of aromatic nitrogens is 3. The van der Waals surface area contributed by atoms with E-state index in [1.807, 2.05) is 0 Å². The summed E-state index contributed by atoms with van der Waals surface area (Å²) in [6, 6.07) is 85.3. The van der Waals surface area contributed by atoms with Gasteiger partial charge < -0.3 is 27.8 Å². The molecule has 0 N–H and O–H groups in total. The lowest BCUT2D eigenvalue weighted by atomic mass is 10.0. The topological polar surface area (TPSA) is 55.5 Å². The zero-order valence-electron chi connectivity index (χ0n) is 43.7. The highest BCUT2D eigenvalue weighted by Crippen LogP contribution is 2.48. The van der Waals surface area contributed by atoms with Gasteiger partial charge in [0, 0.05) is 89.3 Å². The molecule has 78 heavy (non-hydrogen) atoms. The smallest absolute Gasteiger partial charge is 0.230 e. The minimum Gasteiger partial charge on any atom is -0.438 e. The van der Waals surface area contributed by atoms with Crippen LogP contribution in [0.4, 0.5) is 34.1 Å². The Morgan fingerprint density at radius 3 is 1.14 bits per heavy atom. The molecule has 0 aliphatic heterocycles. The average molecular weight is 1010 g/mol.